The number of halogens is 1. The SMILES string of the molecule is COc1ccc(CNC(=O)c2ccc(N(C)C)nc2)cc1F. The number of hydrogen-bond acceptors (Lipinski definition) is 4. The highest BCUT2D eigenvalue weighted by Gasteiger charge is 2.08. The predicted molar refractivity (Wildman–Crippen MR) is 82.7 cm³/mol. The molecule has 0 saturated heterocycles. The molecule has 0 aliphatic heterocycles. The van der Waals surface area contributed by atoms with Gasteiger partial charge in [0, 0.05) is 26.8 Å². The second-order valence-electron chi connectivity index (χ2n) is 4.95. The lowest BCUT2D eigenvalue weighted by Gasteiger charge is -2.11. The molecular formula is C16H18FN3O2. The van der Waals surface area contributed by atoms with E-state index in [1.807, 2.05) is 19.0 Å². The first-order chi connectivity index (χ1) is 10.5. The molecule has 116 valence electrons. The van der Waals surface area contributed by atoms with Gasteiger partial charge in [0.05, 0.1) is 12.7 Å². The van der Waals surface area contributed by atoms with Gasteiger partial charge < -0.3 is 15.0 Å². The van der Waals surface area contributed by atoms with Gasteiger partial charge in [-0.2, -0.15) is 0 Å². The van der Waals surface area contributed by atoms with Crippen LogP contribution >= 0.6 is 0 Å². The van der Waals surface area contributed by atoms with Crippen molar-refractivity contribution in [2.24, 2.45) is 0 Å². The Morgan fingerprint density at radius 2 is 2.09 bits per heavy atom. The monoisotopic (exact) mass is 303 g/mol. The maximum atomic E-state index is 13.6. The van der Waals surface area contributed by atoms with Crippen molar-refractivity contribution in [2.45, 2.75) is 6.54 Å². The van der Waals surface area contributed by atoms with E-state index in [1.165, 1.54) is 25.4 Å². The van der Waals surface area contributed by atoms with Crippen LogP contribution in [-0.4, -0.2) is 32.1 Å². The number of carbonyl (C=O) groups excluding carboxylic acids is 1. The number of amides is 1. The topological polar surface area (TPSA) is 54.5 Å². The standard InChI is InChI=1S/C16H18FN3O2/c1-20(2)15-7-5-12(10-18-15)16(21)19-9-11-4-6-14(22-3)13(17)8-11/h4-8,10H,9H2,1-3H3,(H,19,21). The molecule has 1 N–H and O–H groups in total. The molecule has 5 nitrogen and oxygen atoms in total. The summed E-state index contributed by atoms with van der Waals surface area (Å²) in [4.78, 5) is 18.1. The fraction of sp³-hybridized carbons (Fsp3) is 0.250. The zero-order valence-corrected chi connectivity index (χ0v) is 12.8. The molecule has 0 unspecified atom stereocenters. The lowest BCUT2D eigenvalue weighted by atomic mass is 10.2. The van der Waals surface area contributed by atoms with E-state index in [2.05, 4.69) is 10.3 Å². The molecule has 0 aliphatic rings. The molecule has 0 saturated carbocycles. The van der Waals surface area contributed by atoms with Crippen molar-refractivity contribution in [1.82, 2.24) is 10.3 Å². The van der Waals surface area contributed by atoms with Crippen molar-refractivity contribution in [3.8, 4) is 5.75 Å². The van der Waals surface area contributed by atoms with Crippen molar-refractivity contribution in [3.63, 3.8) is 0 Å². The molecule has 22 heavy (non-hydrogen) atoms. The van der Waals surface area contributed by atoms with Crippen molar-refractivity contribution in [3.05, 3.63) is 53.5 Å². The summed E-state index contributed by atoms with van der Waals surface area (Å²) in [6.07, 6.45) is 1.51. The first-order valence-electron chi connectivity index (χ1n) is 6.75. The van der Waals surface area contributed by atoms with Gasteiger partial charge >= 0.3 is 0 Å². The van der Waals surface area contributed by atoms with Gasteiger partial charge in [0.15, 0.2) is 11.6 Å². The summed E-state index contributed by atoms with van der Waals surface area (Å²) in [5.41, 5.74) is 1.11. The van der Waals surface area contributed by atoms with E-state index in [4.69, 9.17) is 4.74 Å². The van der Waals surface area contributed by atoms with Crippen LogP contribution in [-0.2, 0) is 6.54 Å². The Morgan fingerprint density at radius 1 is 1.32 bits per heavy atom. The summed E-state index contributed by atoms with van der Waals surface area (Å²) < 4.78 is 18.4. The van der Waals surface area contributed by atoms with E-state index in [0.29, 0.717) is 11.1 Å². The van der Waals surface area contributed by atoms with Crippen LogP contribution in [0.4, 0.5) is 10.2 Å². The van der Waals surface area contributed by atoms with Crippen LogP contribution in [0.1, 0.15) is 15.9 Å². The highest BCUT2D eigenvalue weighted by atomic mass is 19.1. The van der Waals surface area contributed by atoms with Crippen molar-refractivity contribution in [1.29, 1.82) is 0 Å². The molecule has 0 bridgehead atoms. The van der Waals surface area contributed by atoms with Crippen LogP contribution in [0, 0.1) is 5.82 Å². The van der Waals surface area contributed by atoms with Crippen molar-refractivity contribution in [2.75, 3.05) is 26.1 Å². The Balaban J connectivity index is 1.99. The van der Waals surface area contributed by atoms with E-state index in [1.54, 1.807) is 18.2 Å². The summed E-state index contributed by atoms with van der Waals surface area (Å²) in [5.74, 6) is 0.243. The number of methoxy groups -OCH3 is 1. The van der Waals surface area contributed by atoms with Crippen LogP contribution in [0.5, 0.6) is 5.75 Å². The molecule has 2 rings (SSSR count). The maximum absolute atomic E-state index is 13.6. The second-order valence-corrected chi connectivity index (χ2v) is 4.95. The molecule has 0 atom stereocenters. The van der Waals surface area contributed by atoms with Gasteiger partial charge in [-0.3, -0.25) is 4.79 Å². The van der Waals surface area contributed by atoms with Gasteiger partial charge in [0.25, 0.3) is 5.91 Å². The maximum Gasteiger partial charge on any atom is 0.253 e. The number of nitrogens with one attached hydrogen (secondary N) is 1. The van der Waals surface area contributed by atoms with Crippen LogP contribution < -0.4 is 15.0 Å². The number of benzene rings is 1. The zero-order valence-electron chi connectivity index (χ0n) is 12.8. The molecule has 2 aromatic rings. The first kappa shape index (κ1) is 15.8. The Labute approximate surface area is 128 Å². The summed E-state index contributed by atoms with van der Waals surface area (Å²) >= 11 is 0. The minimum absolute atomic E-state index is 0.179. The molecule has 1 aromatic heterocycles. The Hall–Kier alpha value is -2.63. The summed E-state index contributed by atoms with van der Waals surface area (Å²) in [5, 5.41) is 2.73. The van der Waals surface area contributed by atoms with Gasteiger partial charge in [-0.05, 0) is 29.8 Å². The lowest BCUT2D eigenvalue weighted by Crippen LogP contribution is -2.23. The Kier molecular flexibility index (Phi) is 4.93. The zero-order chi connectivity index (χ0) is 16.1. The number of anilines is 1. The average Bonchev–Trinajstić information content (AvgIpc) is 2.52. The smallest absolute Gasteiger partial charge is 0.253 e. The number of nitrogens with zero attached hydrogens (tertiary/aromatic N) is 2. The van der Waals surface area contributed by atoms with Crippen molar-refractivity contribution >= 4 is 11.7 Å². The summed E-state index contributed by atoms with van der Waals surface area (Å²) in [7, 11) is 5.16. The van der Waals surface area contributed by atoms with E-state index in [-0.39, 0.29) is 18.2 Å². The van der Waals surface area contributed by atoms with Gasteiger partial charge in [-0.25, -0.2) is 9.37 Å². The minimum Gasteiger partial charge on any atom is -0.494 e. The molecule has 6 heteroatoms. The molecule has 1 aromatic carbocycles. The number of pyridine rings is 1. The van der Waals surface area contributed by atoms with Gasteiger partial charge in [0.1, 0.15) is 5.82 Å². The third-order valence-corrected chi connectivity index (χ3v) is 3.14. The van der Waals surface area contributed by atoms with Crippen LogP contribution in [0.2, 0.25) is 0 Å². The second kappa shape index (κ2) is 6.89. The number of carbonyl (C=O) groups is 1. The average molecular weight is 303 g/mol. The van der Waals surface area contributed by atoms with E-state index < -0.39 is 5.82 Å². The predicted octanol–water partition coefficient (Wildman–Crippen LogP) is 2.23. The van der Waals surface area contributed by atoms with Gasteiger partial charge in [-0.1, -0.05) is 6.07 Å². The highest BCUT2D eigenvalue weighted by molar-refractivity contribution is 5.94. The van der Waals surface area contributed by atoms with E-state index in [0.717, 1.165) is 5.82 Å². The molecule has 0 fully saturated rings. The number of hydrogen-bond donors (Lipinski definition) is 1. The Morgan fingerprint density at radius 3 is 2.64 bits per heavy atom. The van der Waals surface area contributed by atoms with Crippen LogP contribution in [0.15, 0.2) is 36.5 Å². The molecule has 0 spiro atoms. The molecule has 0 aliphatic carbocycles. The van der Waals surface area contributed by atoms with Gasteiger partial charge in [-0.15, -0.1) is 0 Å². The normalized spacial score (nSPS) is 10.2. The quantitative estimate of drug-likeness (QED) is 0.920. The third kappa shape index (κ3) is 3.72. The highest BCUT2D eigenvalue weighted by Crippen LogP contribution is 2.17. The fourth-order valence-corrected chi connectivity index (χ4v) is 1.89. The van der Waals surface area contributed by atoms with E-state index >= 15 is 0 Å². The summed E-state index contributed by atoms with van der Waals surface area (Å²) in [6.45, 7) is 0.231. The molecule has 0 radical (unpaired) electrons. The van der Waals surface area contributed by atoms with Crippen LogP contribution in [0.3, 0.4) is 0 Å². The van der Waals surface area contributed by atoms with Crippen molar-refractivity contribution < 1.29 is 13.9 Å². The first-order valence-corrected chi connectivity index (χ1v) is 6.75. The lowest BCUT2D eigenvalue weighted by molar-refractivity contribution is 0.0950. The molecule has 1 amide bonds. The molecule has 1 heterocycles. The third-order valence-electron chi connectivity index (χ3n) is 3.14. The van der Waals surface area contributed by atoms with E-state index in [9.17, 15) is 9.18 Å². The number of aromatic nitrogens is 1. The Bertz CT molecular complexity index is 657. The molecular weight excluding hydrogens is 285 g/mol. The largest absolute Gasteiger partial charge is 0.494 e. The number of ether oxygens (including phenoxy) is 1. The fourth-order valence-electron chi connectivity index (χ4n) is 1.89. The number of rotatable bonds is 5. The van der Waals surface area contributed by atoms with Crippen LogP contribution in [0.25, 0.3) is 0 Å². The summed E-state index contributed by atoms with van der Waals surface area (Å²) in [6, 6.07) is 8.04. The van der Waals surface area contributed by atoms with Gasteiger partial charge in [0.2, 0.25) is 0 Å². The minimum atomic E-state index is -0.453.